The second-order valence-electron chi connectivity index (χ2n) is 7.52. The van der Waals surface area contributed by atoms with Gasteiger partial charge in [-0.1, -0.05) is 31.0 Å². The highest BCUT2D eigenvalue weighted by Crippen LogP contribution is 2.25. The summed E-state index contributed by atoms with van der Waals surface area (Å²) < 4.78 is 32.7. The predicted molar refractivity (Wildman–Crippen MR) is 119 cm³/mol. The number of ether oxygens (including phenoxy) is 1. The van der Waals surface area contributed by atoms with Gasteiger partial charge in [-0.15, -0.1) is 0 Å². The van der Waals surface area contributed by atoms with Crippen LogP contribution in [0.25, 0.3) is 0 Å². The van der Waals surface area contributed by atoms with Crippen LogP contribution in [0.5, 0.6) is 5.88 Å². The highest BCUT2D eigenvalue weighted by atomic mass is 35.5. The number of hydrogen-bond acceptors (Lipinski definition) is 5. The summed E-state index contributed by atoms with van der Waals surface area (Å²) in [6.45, 7) is 3.63. The Bertz CT molecular complexity index is 975. The first-order valence-electron chi connectivity index (χ1n) is 10.5. The number of nitrogens with zero attached hydrogens (tertiary/aromatic N) is 2. The van der Waals surface area contributed by atoms with E-state index in [2.05, 4.69) is 17.2 Å². The first kappa shape index (κ1) is 23.5. The maximum atomic E-state index is 12.8. The molecular weight excluding hydrogens is 438 g/mol. The molecule has 9 heteroatoms. The van der Waals surface area contributed by atoms with E-state index in [9.17, 15) is 13.2 Å². The monoisotopic (exact) mass is 465 g/mol. The Labute approximate surface area is 188 Å². The molecule has 2 heterocycles. The Morgan fingerprint density at radius 3 is 2.61 bits per heavy atom. The van der Waals surface area contributed by atoms with Crippen molar-refractivity contribution in [2.24, 2.45) is 5.92 Å². The molecule has 0 radical (unpaired) electrons. The van der Waals surface area contributed by atoms with Gasteiger partial charge in [0.2, 0.25) is 21.8 Å². The SMILES string of the molecule is CCCCOc1ncccc1CNC(=O)C1CCN(S(=O)(=O)c2ccc(Cl)cc2)CC1. The number of sulfonamides is 1. The number of rotatable bonds is 9. The molecule has 1 saturated heterocycles. The van der Waals surface area contributed by atoms with Crippen LogP contribution in [0.15, 0.2) is 47.5 Å². The van der Waals surface area contributed by atoms with Gasteiger partial charge in [0.15, 0.2) is 0 Å². The van der Waals surface area contributed by atoms with Gasteiger partial charge in [-0.05, 0) is 49.6 Å². The molecule has 31 heavy (non-hydrogen) atoms. The van der Waals surface area contributed by atoms with Gasteiger partial charge >= 0.3 is 0 Å². The molecule has 0 spiro atoms. The van der Waals surface area contributed by atoms with Crippen molar-refractivity contribution in [2.45, 2.75) is 44.0 Å². The summed E-state index contributed by atoms with van der Waals surface area (Å²) in [4.78, 5) is 17.1. The lowest BCUT2D eigenvalue weighted by atomic mass is 9.97. The van der Waals surface area contributed by atoms with Crippen LogP contribution in [0.3, 0.4) is 0 Å². The minimum Gasteiger partial charge on any atom is -0.477 e. The van der Waals surface area contributed by atoms with E-state index in [1.807, 2.05) is 12.1 Å². The molecule has 168 valence electrons. The van der Waals surface area contributed by atoms with Crippen molar-refractivity contribution in [3.8, 4) is 5.88 Å². The van der Waals surface area contributed by atoms with Crippen LogP contribution < -0.4 is 10.1 Å². The summed E-state index contributed by atoms with van der Waals surface area (Å²) in [6, 6.07) is 9.83. The molecule has 0 unspecified atom stereocenters. The molecule has 0 bridgehead atoms. The van der Waals surface area contributed by atoms with E-state index >= 15 is 0 Å². The second-order valence-corrected chi connectivity index (χ2v) is 9.89. The summed E-state index contributed by atoms with van der Waals surface area (Å²) >= 11 is 5.85. The van der Waals surface area contributed by atoms with E-state index < -0.39 is 10.0 Å². The Morgan fingerprint density at radius 2 is 1.94 bits per heavy atom. The molecule has 1 aromatic carbocycles. The molecule has 1 amide bonds. The van der Waals surface area contributed by atoms with Crippen molar-refractivity contribution in [1.29, 1.82) is 0 Å². The Kier molecular flexibility index (Phi) is 8.28. The van der Waals surface area contributed by atoms with E-state index in [1.165, 1.54) is 16.4 Å². The molecule has 0 atom stereocenters. The molecule has 1 N–H and O–H groups in total. The summed E-state index contributed by atoms with van der Waals surface area (Å²) in [6.07, 6.45) is 4.60. The fourth-order valence-electron chi connectivity index (χ4n) is 3.44. The average molecular weight is 466 g/mol. The lowest BCUT2D eigenvalue weighted by Crippen LogP contribution is -2.42. The van der Waals surface area contributed by atoms with Crippen molar-refractivity contribution in [3.63, 3.8) is 0 Å². The maximum absolute atomic E-state index is 12.8. The van der Waals surface area contributed by atoms with Crippen molar-refractivity contribution in [2.75, 3.05) is 19.7 Å². The maximum Gasteiger partial charge on any atom is 0.243 e. The number of piperidine rings is 1. The number of unbranched alkanes of at least 4 members (excludes halogenated alkanes) is 1. The third-order valence-corrected chi connectivity index (χ3v) is 7.48. The highest BCUT2D eigenvalue weighted by molar-refractivity contribution is 7.89. The lowest BCUT2D eigenvalue weighted by Gasteiger charge is -2.30. The fourth-order valence-corrected chi connectivity index (χ4v) is 5.04. The molecule has 1 aliphatic heterocycles. The smallest absolute Gasteiger partial charge is 0.243 e. The molecule has 1 aliphatic rings. The van der Waals surface area contributed by atoms with Crippen LogP contribution >= 0.6 is 11.6 Å². The van der Waals surface area contributed by atoms with E-state index in [1.54, 1.807) is 18.3 Å². The van der Waals surface area contributed by atoms with Crippen LogP contribution in [0.1, 0.15) is 38.2 Å². The minimum absolute atomic E-state index is 0.0769. The van der Waals surface area contributed by atoms with Gasteiger partial charge in [-0.25, -0.2) is 13.4 Å². The number of hydrogen-bond donors (Lipinski definition) is 1. The Morgan fingerprint density at radius 1 is 1.23 bits per heavy atom. The normalized spacial score (nSPS) is 15.5. The van der Waals surface area contributed by atoms with Crippen LogP contribution in [0, 0.1) is 5.92 Å². The first-order chi connectivity index (χ1) is 14.9. The Balaban J connectivity index is 1.52. The molecule has 7 nitrogen and oxygen atoms in total. The number of carbonyl (C=O) groups excluding carboxylic acids is 1. The number of benzene rings is 1. The molecule has 0 saturated carbocycles. The third kappa shape index (κ3) is 6.18. The Hall–Kier alpha value is -2.16. The molecular formula is C22H28ClN3O4S. The van der Waals surface area contributed by atoms with Gasteiger partial charge in [0.05, 0.1) is 11.5 Å². The van der Waals surface area contributed by atoms with Crippen molar-refractivity contribution in [3.05, 3.63) is 53.2 Å². The predicted octanol–water partition coefficient (Wildman–Crippen LogP) is 3.63. The quantitative estimate of drug-likeness (QED) is 0.571. The van der Waals surface area contributed by atoms with Crippen molar-refractivity contribution in [1.82, 2.24) is 14.6 Å². The zero-order valence-corrected chi connectivity index (χ0v) is 19.2. The fraction of sp³-hybridized carbons (Fsp3) is 0.455. The number of carbonyl (C=O) groups is 1. The molecule has 0 aliphatic carbocycles. The number of pyridine rings is 1. The van der Waals surface area contributed by atoms with E-state index in [-0.39, 0.29) is 16.7 Å². The van der Waals surface area contributed by atoms with Crippen molar-refractivity contribution >= 4 is 27.5 Å². The topological polar surface area (TPSA) is 88.6 Å². The first-order valence-corrected chi connectivity index (χ1v) is 12.3. The zero-order valence-electron chi connectivity index (χ0n) is 17.6. The van der Waals surface area contributed by atoms with Gasteiger partial charge in [0.1, 0.15) is 0 Å². The van der Waals surface area contributed by atoms with Crippen LogP contribution in [0.2, 0.25) is 5.02 Å². The van der Waals surface area contributed by atoms with Crippen LogP contribution in [-0.4, -0.2) is 43.3 Å². The average Bonchev–Trinajstić information content (AvgIpc) is 2.79. The summed E-state index contributed by atoms with van der Waals surface area (Å²) in [5.74, 6) is 0.241. The summed E-state index contributed by atoms with van der Waals surface area (Å²) in [5.41, 5.74) is 0.828. The van der Waals surface area contributed by atoms with E-state index in [0.29, 0.717) is 50.0 Å². The minimum atomic E-state index is -3.58. The van der Waals surface area contributed by atoms with Crippen LogP contribution in [-0.2, 0) is 21.4 Å². The molecule has 2 aromatic rings. The van der Waals surface area contributed by atoms with Crippen molar-refractivity contribution < 1.29 is 17.9 Å². The van der Waals surface area contributed by atoms with Gasteiger partial charge in [-0.2, -0.15) is 4.31 Å². The highest BCUT2D eigenvalue weighted by Gasteiger charge is 2.32. The van der Waals surface area contributed by atoms with Gasteiger partial charge < -0.3 is 10.1 Å². The standard InChI is InChI=1S/C22H28ClN3O4S/c1-2-3-15-30-22-18(5-4-12-24-22)16-25-21(27)17-10-13-26(14-11-17)31(28,29)20-8-6-19(23)7-9-20/h4-9,12,17H,2-3,10-11,13-16H2,1H3,(H,25,27). The van der Waals surface area contributed by atoms with E-state index in [4.69, 9.17) is 16.3 Å². The van der Waals surface area contributed by atoms with Gasteiger partial charge in [0, 0.05) is 42.3 Å². The summed E-state index contributed by atoms with van der Waals surface area (Å²) in [7, 11) is -3.58. The number of nitrogens with one attached hydrogen (secondary N) is 1. The third-order valence-electron chi connectivity index (χ3n) is 5.32. The molecule has 1 aromatic heterocycles. The van der Waals surface area contributed by atoms with Gasteiger partial charge in [0.25, 0.3) is 0 Å². The van der Waals surface area contributed by atoms with Gasteiger partial charge in [-0.3, -0.25) is 4.79 Å². The zero-order chi connectivity index (χ0) is 22.3. The molecule has 3 rings (SSSR count). The largest absolute Gasteiger partial charge is 0.477 e. The van der Waals surface area contributed by atoms with Crippen LogP contribution in [0.4, 0.5) is 0 Å². The summed E-state index contributed by atoms with van der Waals surface area (Å²) in [5, 5.41) is 3.44. The van der Waals surface area contributed by atoms with E-state index in [0.717, 1.165) is 18.4 Å². The number of aromatic nitrogens is 1. The second kappa shape index (κ2) is 10.9. The molecule has 1 fully saturated rings. The number of halogens is 1. The number of amides is 1. The lowest BCUT2D eigenvalue weighted by molar-refractivity contribution is -0.126.